The highest BCUT2D eigenvalue weighted by atomic mass is 79.9. The van der Waals surface area contributed by atoms with Crippen molar-refractivity contribution in [1.29, 1.82) is 0 Å². The minimum absolute atomic E-state index is 0.0257. The van der Waals surface area contributed by atoms with E-state index in [9.17, 15) is 22.8 Å². The smallest absolute Gasteiger partial charge is 0.416 e. The van der Waals surface area contributed by atoms with Crippen LogP contribution in [0.4, 0.5) is 18.9 Å². The number of benzene rings is 1. The zero-order valence-corrected chi connectivity index (χ0v) is 13.5. The molecule has 0 spiro atoms. The maximum atomic E-state index is 12.7. The van der Waals surface area contributed by atoms with Gasteiger partial charge in [-0.3, -0.25) is 0 Å². The van der Waals surface area contributed by atoms with Crippen LogP contribution in [0.25, 0.3) is 0 Å². The van der Waals surface area contributed by atoms with Gasteiger partial charge in [-0.1, -0.05) is 0 Å². The summed E-state index contributed by atoms with van der Waals surface area (Å²) in [4.78, 5) is 23.5. The number of carbonyl (C=O) groups excluding carboxylic acids is 2. The summed E-state index contributed by atoms with van der Waals surface area (Å²) >= 11 is 3.08. The number of hydrogen-bond donors (Lipinski definition) is 1. The van der Waals surface area contributed by atoms with Crippen molar-refractivity contribution >= 4 is 33.6 Å². The van der Waals surface area contributed by atoms with Crippen LogP contribution in [0.5, 0.6) is 0 Å². The summed E-state index contributed by atoms with van der Waals surface area (Å²) in [7, 11) is 0. The maximum absolute atomic E-state index is 12.7. The van der Waals surface area contributed by atoms with Gasteiger partial charge in [0.25, 0.3) is 5.79 Å². The van der Waals surface area contributed by atoms with E-state index >= 15 is 0 Å². The van der Waals surface area contributed by atoms with E-state index in [0.717, 1.165) is 18.3 Å². The minimum atomic E-state index is -4.52. The van der Waals surface area contributed by atoms with Crippen molar-refractivity contribution in [3.05, 3.63) is 40.0 Å². The van der Waals surface area contributed by atoms with E-state index in [1.165, 1.54) is 19.9 Å². The third kappa shape index (κ3) is 4.04. The Balaban J connectivity index is 2.26. The fourth-order valence-corrected chi connectivity index (χ4v) is 2.10. The molecule has 23 heavy (non-hydrogen) atoms. The highest BCUT2D eigenvalue weighted by molar-refractivity contribution is 9.10. The Morgan fingerprint density at radius 3 is 2.26 bits per heavy atom. The van der Waals surface area contributed by atoms with Crippen LogP contribution in [0, 0.1) is 0 Å². The molecule has 2 rings (SSSR count). The Kier molecular flexibility index (Phi) is 4.43. The van der Waals surface area contributed by atoms with Gasteiger partial charge in [-0.25, -0.2) is 9.59 Å². The van der Waals surface area contributed by atoms with Crippen LogP contribution in [-0.2, 0) is 25.2 Å². The van der Waals surface area contributed by atoms with E-state index in [-0.39, 0.29) is 5.69 Å². The molecule has 1 aliphatic heterocycles. The van der Waals surface area contributed by atoms with E-state index in [2.05, 4.69) is 21.2 Å². The predicted molar refractivity (Wildman–Crippen MR) is 77.1 cm³/mol. The molecule has 1 aliphatic rings. The number of anilines is 1. The standard InChI is InChI=1S/C14H11BrF3NO4/c1-13(2)22-11(20)8(12(21)23-13)6-19-10-5-7(14(16,17)18)3-4-9(10)15/h3-6,19H,1-2H3. The molecule has 0 bridgehead atoms. The molecule has 0 atom stereocenters. The van der Waals surface area contributed by atoms with Gasteiger partial charge >= 0.3 is 18.1 Å². The zero-order chi connectivity index (χ0) is 17.4. The molecule has 0 radical (unpaired) electrons. The molecular weight excluding hydrogens is 383 g/mol. The number of nitrogens with one attached hydrogen (secondary N) is 1. The Morgan fingerprint density at radius 2 is 1.74 bits per heavy atom. The molecule has 1 aromatic carbocycles. The van der Waals surface area contributed by atoms with E-state index in [4.69, 9.17) is 9.47 Å². The Morgan fingerprint density at radius 1 is 1.17 bits per heavy atom. The van der Waals surface area contributed by atoms with Crippen LogP contribution in [0.2, 0.25) is 0 Å². The largest absolute Gasteiger partial charge is 0.419 e. The van der Waals surface area contributed by atoms with Gasteiger partial charge in [-0.2, -0.15) is 13.2 Å². The predicted octanol–water partition coefficient (Wildman–Crippen LogP) is 3.60. The summed E-state index contributed by atoms with van der Waals surface area (Å²) < 4.78 is 48.2. The molecule has 0 amide bonds. The number of rotatable bonds is 2. The zero-order valence-electron chi connectivity index (χ0n) is 12.0. The Hall–Kier alpha value is -2.03. The van der Waals surface area contributed by atoms with E-state index in [1.54, 1.807) is 0 Å². The van der Waals surface area contributed by atoms with Crippen LogP contribution >= 0.6 is 15.9 Å². The van der Waals surface area contributed by atoms with Gasteiger partial charge in [0.15, 0.2) is 5.57 Å². The fraction of sp³-hybridized carbons (Fsp3) is 0.286. The molecule has 124 valence electrons. The molecule has 1 saturated heterocycles. The summed E-state index contributed by atoms with van der Waals surface area (Å²) in [6, 6.07) is 2.93. The van der Waals surface area contributed by atoms with Crippen molar-refractivity contribution in [2.24, 2.45) is 0 Å². The third-order valence-electron chi connectivity index (χ3n) is 2.78. The van der Waals surface area contributed by atoms with Gasteiger partial charge < -0.3 is 14.8 Å². The average Bonchev–Trinajstić information content (AvgIpc) is 2.36. The van der Waals surface area contributed by atoms with Crippen LogP contribution in [-0.4, -0.2) is 17.7 Å². The van der Waals surface area contributed by atoms with E-state index < -0.39 is 35.0 Å². The lowest BCUT2D eigenvalue weighted by molar-refractivity contribution is -0.222. The molecule has 5 nitrogen and oxygen atoms in total. The molecular formula is C14H11BrF3NO4. The second-order valence-corrected chi connectivity index (χ2v) is 5.93. The molecule has 9 heteroatoms. The van der Waals surface area contributed by atoms with Crippen molar-refractivity contribution in [3.8, 4) is 0 Å². The van der Waals surface area contributed by atoms with Gasteiger partial charge in [-0.15, -0.1) is 0 Å². The molecule has 1 N–H and O–H groups in total. The van der Waals surface area contributed by atoms with Crippen molar-refractivity contribution in [2.45, 2.75) is 25.8 Å². The van der Waals surface area contributed by atoms with E-state index in [0.29, 0.717) is 4.47 Å². The van der Waals surface area contributed by atoms with Gasteiger partial charge in [0.05, 0.1) is 11.3 Å². The molecule has 0 aromatic heterocycles. The number of esters is 2. The normalized spacial score (nSPS) is 17.4. The number of halogens is 4. The van der Waals surface area contributed by atoms with Gasteiger partial charge in [-0.05, 0) is 34.1 Å². The quantitative estimate of drug-likeness (QED) is 0.472. The number of ether oxygens (including phenoxy) is 2. The van der Waals surface area contributed by atoms with Gasteiger partial charge in [0, 0.05) is 24.5 Å². The van der Waals surface area contributed by atoms with Crippen molar-refractivity contribution < 1.29 is 32.2 Å². The van der Waals surface area contributed by atoms with Crippen LogP contribution < -0.4 is 5.32 Å². The molecule has 1 heterocycles. The third-order valence-corrected chi connectivity index (χ3v) is 3.47. The molecule has 0 saturated carbocycles. The highest BCUT2D eigenvalue weighted by Crippen LogP contribution is 2.34. The second-order valence-electron chi connectivity index (χ2n) is 5.07. The molecule has 1 aromatic rings. The second kappa shape index (κ2) is 5.88. The monoisotopic (exact) mass is 393 g/mol. The first-order chi connectivity index (χ1) is 10.5. The summed E-state index contributed by atoms with van der Waals surface area (Å²) in [5.74, 6) is -3.24. The summed E-state index contributed by atoms with van der Waals surface area (Å²) in [6.45, 7) is 2.77. The Bertz CT molecular complexity index is 676. The van der Waals surface area contributed by atoms with Gasteiger partial charge in [0.2, 0.25) is 0 Å². The van der Waals surface area contributed by atoms with Crippen LogP contribution in [0.15, 0.2) is 34.4 Å². The summed E-state index contributed by atoms with van der Waals surface area (Å²) in [5, 5.41) is 2.47. The topological polar surface area (TPSA) is 64.6 Å². The van der Waals surface area contributed by atoms with Gasteiger partial charge in [0.1, 0.15) is 0 Å². The number of alkyl halides is 3. The molecule has 1 fully saturated rings. The lowest BCUT2D eigenvalue weighted by atomic mass is 10.2. The first-order valence-corrected chi connectivity index (χ1v) is 7.09. The summed E-state index contributed by atoms with van der Waals surface area (Å²) in [5.41, 5.74) is -1.30. The van der Waals surface area contributed by atoms with Crippen molar-refractivity contribution in [1.82, 2.24) is 0 Å². The summed E-state index contributed by atoms with van der Waals surface area (Å²) in [6.07, 6.45) is -3.57. The van der Waals surface area contributed by atoms with Crippen LogP contribution in [0.3, 0.4) is 0 Å². The first kappa shape index (κ1) is 17.3. The number of hydrogen-bond acceptors (Lipinski definition) is 5. The minimum Gasteiger partial charge on any atom is -0.419 e. The lowest BCUT2D eigenvalue weighted by Gasteiger charge is -2.29. The molecule has 0 aliphatic carbocycles. The van der Waals surface area contributed by atoms with Crippen molar-refractivity contribution in [3.63, 3.8) is 0 Å². The SMILES string of the molecule is CC1(C)OC(=O)C(=CNc2cc(C(F)(F)F)ccc2Br)C(=O)O1. The Labute approximate surface area is 137 Å². The molecule has 0 unspecified atom stereocenters. The van der Waals surface area contributed by atoms with Crippen molar-refractivity contribution in [2.75, 3.05) is 5.32 Å². The number of carbonyl (C=O) groups is 2. The number of cyclic esters (lactones) is 2. The van der Waals surface area contributed by atoms with Crippen LogP contribution in [0.1, 0.15) is 19.4 Å². The highest BCUT2D eigenvalue weighted by Gasteiger charge is 2.39. The average molecular weight is 394 g/mol. The first-order valence-electron chi connectivity index (χ1n) is 6.30. The maximum Gasteiger partial charge on any atom is 0.416 e. The van der Waals surface area contributed by atoms with E-state index in [1.807, 2.05) is 0 Å². The lowest BCUT2D eigenvalue weighted by Crippen LogP contribution is -2.42. The fourth-order valence-electron chi connectivity index (χ4n) is 1.74.